The van der Waals surface area contributed by atoms with E-state index in [0.29, 0.717) is 5.41 Å². The normalized spacial score (nSPS) is 12.0. The van der Waals surface area contributed by atoms with Crippen LogP contribution in [0.3, 0.4) is 0 Å². The monoisotopic (exact) mass is 190 g/mol. The van der Waals surface area contributed by atoms with Crippen molar-refractivity contribution in [3.8, 4) is 0 Å². The van der Waals surface area contributed by atoms with Crippen LogP contribution in [-0.2, 0) is 4.74 Å². The van der Waals surface area contributed by atoms with Gasteiger partial charge in [-0.1, -0.05) is 20.8 Å². The third-order valence-electron chi connectivity index (χ3n) is 1.63. The summed E-state index contributed by atoms with van der Waals surface area (Å²) >= 11 is 1.89. The predicted molar refractivity (Wildman–Crippen MR) is 57.9 cm³/mol. The van der Waals surface area contributed by atoms with E-state index in [1.807, 2.05) is 11.8 Å². The molecule has 0 unspecified atom stereocenters. The molecule has 0 rings (SSSR count). The fraction of sp³-hybridized carbons (Fsp3) is 1.00. The van der Waals surface area contributed by atoms with Gasteiger partial charge >= 0.3 is 0 Å². The fourth-order valence-electron chi connectivity index (χ4n) is 0.786. The van der Waals surface area contributed by atoms with Crippen LogP contribution in [0.1, 0.15) is 33.6 Å². The van der Waals surface area contributed by atoms with Gasteiger partial charge in [0.25, 0.3) is 0 Å². The quantitative estimate of drug-likeness (QED) is 0.595. The summed E-state index contributed by atoms with van der Waals surface area (Å²) in [5.74, 6) is 1.22. The average Bonchev–Trinajstić information content (AvgIpc) is 1.94. The molecule has 0 N–H and O–H groups in total. The van der Waals surface area contributed by atoms with E-state index in [2.05, 4.69) is 27.0 Å². The Morgan fingerprint density at radius 2 is 1.83 bits per heavy atom. The van der Waals surface area contributed by atoms with Crippen LogP contribution in [0.25, 0.3) is 0 Å². The van der Waals surface area contributed by atoms with Crippen LogP contribution in [-0.4, -0.2) is 25.2 Å². The van der Waals surface area contributed by atoms with E-state index < -0.39 is 0 Å². The van der Waals surface area contributed by atoms with Crippen LogP contribution in [0, 0.1) is 5.41 Å². The Bertz CT molecular complexity index is 96.5. The summed E-state index contributed by atoms with van der Waals surface area (Å²) in [6.45, 7) is 8.59. The van der Waals surface area contributed by atoms with Gasteiger partial charge in [0, 0.05) is 13.2 Å². The molecule has 0 fully saturated rings. The minimum Gasteiger partial charge on any atom is -0.381 e. The summed E-state index contributed by atoms with van der Waals surface area (Å²) in [6, 6.07) is 0. The number of thioether (sulfide) groups is 1. The van der Waals surface area contributed by atoms with E-state index in [4.69, 9.17) is 4.74 Å². The van der Waals surface area contributed by atoms with Gasteiger partial charge in [0.05, 0.1) is 0 Å². The molecule has 0 radical (unpaired) electrons. The molecular weight excluding hydrogens is 168 g/mol. The minimum absolute atomic E-state index is 0.416. The smallest absolute Gasteiger partial charge is 0.0473 e. The highest BCUT2D eigenvalue weighted by molar-refractivity contribution is 7.98. The van der Waals surface area contributed by atoms with E-state index in [0.717, 1.165) is 19.6 Å². The first-order valence-corrected chi connectivity index (χ1v) is 6.02. The lowest BCUT2D eigenvalue weighted by molar-refractivity contribution is 0.109. The van der Waals surface area contributed by atoms with Crippen molar-refractivity contribution in [2.75, 3.05) is 25.2 Å². The Balaban J connectivity index is 3.01. The lowest BCUT2D eigenvalue weighted by Crippen LogP contribution is -2.10. The van der Waals surface area contributed by atoms with E-state index >= 15 is 0 Å². The molecule has 74 valence electrons. The Morgan fingerprint density at radius 3 is 2.33 bits per heavy atom. The topological polar surface area (TPSA) is 9.23 Å². The van der Waals surface area contributed by atoms with Gasteiger partial charge < -0.3 is 4.74 Å². The van der Waals surface area contributed by atoms with Gasteiger partial charge in [0.2, 0.25) is 0 Å². The molecule has 0 saturated heterocycles. The molecule has 0 aromatic rings. The highest BCUT2D eigenvalue weighted by Gasteiger charge is 2.08. The Labute approximate surface area is 81.3 Å². The molecule has 0 aromatic carbocycles. The highest BCUT2D eigenvalue weighted by atomic mass is 32.2. The van der Waals surface area contributed by atoms with E-state index in [1.54, 1.807) is 0 Å². The Kier molecular flexibility index (Phi) is 6.96. The molecule has 0 aromatic heterocycles. The fourth-order valence-corrected chi connectivity index (χ4v) is 1.19. The van der Waals surface area contributed by atoms with Crippen molar-refractivity contribution >= 4 is 11.8 Å². The van der Waals surface area contributed by atoms with Crippen LogP contribution >= 0.6 is 11.8 Å². The third kappa shape index (κ3) is 10.3. The lowest BCUT2D eigenvalue weighted by atomic mass is 9.93. The van der Waals surface area contributed by atoms with Crippen LogP contribution in [0.4, 0.5) is 0 Å². The lowest BCUT2D eigenvalue weighted by Gasteiger charge is -2.17. The van der Waals surface area contributed by atoms with Crippen LogP contribution in [0.5, 0.6) is 0 Å². The predicted octanol–water partition coefficient (Wildman–Crippen LogP) is 3.19. The van der Waals surface area contributed by atoms with Crippen molar-refractivity contribution in [3.63, 3.8) is 0 Å². The van der Waals surface area contributed by atoms with Gasteiger partial charge in [-0.05, 0) is 30.3 Å². The maximum Gasteiger partial charge on any atom is 0.0473 e. The van der Waals surface area contributed by atoms with Crippen molar-refractivity contribution < 1.29 is 4.74 Å². The first kappa shape index (κ1) is 12.3. The van der Waals surface area contributed by atoms with E-state index in [9.17, 15) is 0 Å². The zero-order valence-corrected chi connectivity index (χ0v) is 9.67. The van der Waals surface area contributed by atoms with Crippen molar-refractivity contribution in [1.82, 2.24) is 0 Å². The summed E-state index contributed by atoms with van der Waals surface area (Å²) < 4.78 is 5.50. The molecule has 0 aliphatic rings. The van der Waals surface area contributed by atoms with Gasteiger partial charge in [0.1, 0.15) is 0 Å². The zero-order chi connectivity index (χ0) is 9.45. The number of hydrogen-bond acceptors (Lipinski definition) is 2. The Hall–Kier alpha value is 0.310. The summed E-state index contributed by atoms with van der Waals surface area (Å²) in [6.07, 6.45) is 4.48. The Morgan fingerprint density at radius 1 is 1.17 bits per heavy atom. The molecule has 0 heterocycles. The van der Waals surface area contributed by atoms with Crippen molar-refractivity contribution in [2.24, 2.45) is 5.41 Å². The molecular formula is C10H22OS. The van der Waals surface area contributed by atoms with Crippen molar-refractivity contribution in [2.45, 2.75) is 33.6 Å². The summed E-state index contributed by atoms with van der Waals surface area (Å²) in [5, 5.41) is 0. The number of ether oxygens (including phenoxy) is 1. The standard InChI is InChI=1S/C10H22OS/c1-10(2,3)6-8-11-7-5-9-12-4/h5-9H2,1-4H3. The zero-order valence-electron chi connectivity index (χ0n) is 8.85. The van der Waals surface area contributed by atoms with Crippen molar-refractivity contribution in [3.05, 3.63) is 0 Å². The van der Waals surface area contributed by atoms with Gasteiger partial charge in [-0.3, -0.25) is 0 Å². The summed E-state index contributed by atoms with van der Waals surface area (Å²) in [4.78, 5) is 0. The number of rotatable bonds is 6. The SMILES string of the molecule is CSCCCOCCC(C)(C)C. The van der Waals surface area contributed by atoms with Gasteiger partial charge in [0.15, 0.2) is 0 Å². The summed E-state index contributed by atoms with van der Waals surface area (Å²) in [5.41, 5.74) is 0.416. The second-order valence-corrected chi connectivity index (χ2v) is 5.25. The van der Waals surface area contributed by atoms with E-state index in [-0.39, 0.29) is 0 Å². The van der Waals surface area contributed by atoms with Crippen LogP contribution in [0.2, 0.25) is 0 Å². The third-order valence-corrected chi connectivity index (χ3v) is 2.33. The maximum atomic E-state index is 5.50. The molecule has 0 saturated carbocycles. The molecule has 0 aliphatic carbocycles. The van der Waals surface area contributed by atoms with Crippen LogP contribution < -0.4 is 0 Å². The molecule has 0 aliphatic heterocycles. The highest BCUT2D eigenvalue weighted by Crippen LogP contribution is 2.17. The first-order valence-electron chi connectivity index (χ1n) is 4.63. The average molecular weight is 190 g/mol. The van der Waals surface area contributed by atoms with Gasteiger partial charge in [-0.2, -0.15) is 11.8 Å². The second kappa shape index (κ2) is 6.79. The van der Waals surface area contributed by atoms with Gasteiger partial charge in [-0.15, -0.1) is 0 Å². The van der Waals surface area contributed by atoms with Crippen molar-refractivity contribution in [1.29, 1.82) is 0 Å². The van der Waals surface area contributed by atoms with Crippen LogP contribution in [0.15, 0.2) is 0 Å². The minimum atomic E-state index is 0.416. The summed E-state index contributed by atoms with van der Waals surface area (Å²) in [7, 11) is 0. The first-order chi connectivity index (χ1) is 5.56. The number of hydrogen-bond donors (Lipinski definition) is 0. The molecule has 1 nitrogen and oxygen atoms in total. The largest absolute Gasteiger partial charge is 0.381 e. The molecule has 2 heteroatoms. The van der Waals surface area contributed by atoms with E-state index in [1.165, 1.54) is 12.2 Å². The van der Waals surface area contributed by atoms with Gasteiger partial charge in [-0.25, -0.2) is 0 Å². The molecule has 0 spiro atoms. The molecule has 0 atom stereocenters. The second-order valence-electron chi connectivity index (χ2n) is 4.27. The molecule has 0 bridgehead atoms. The molecule has 0 amide bonds. The maximum absolute atomic E-state index is 5.50. The molecule has 12 heavy (non-hydrogen) atoms.